The fourth-order valence-corrected chi connectivity index (χ4v) is 0.769. The molecule has 0 spiro atoms. The lowest BCUT2D eigenvalue weighted by atomic mass is 10.4. The van der Waals surface area contributed by atoms with Crippen molar-refractivity contribution in [3.8, 4) is 0 Å². The third-order valence-electron chi connectivity index (χ3n) is 1.58. The molecule has 4 heteroatoms. The minimum absolute atomic E-state index is 0.357. The maximum Gasteiger partial charge on any atom is 0.146 e. The van der Waals surface area contributed by atoms with Crippen molar-refractivity contribution in [2.45, 2.75) is 12.5 Å². The zero-order valence-corrected chi connectivity index (χ0v) is 7.45. The first kappa shape index (κ1) is 9.92. The monoisotopic (exact) mass is 176 g/mol. The van der Waals surface area contributed by atoms with Gasteiger partial charge in [-0.15, -0.1) is 0 Å². The van der Waals surface area contributed by atoms with Crippen molar-refractivity contribution in [2.24, 2.45) is 0 Å². The molecule has 0 bridgehead atoms. The van der Waals surface area contributed by atoms with E-state index >= 15 is 0 Å². The number of hydrogen-bond donors (Lipinski definition) is 0. The minimum Gasteiger partial charge on any atom is -0.382 e. The molecule has 0 N–H and O–H groups in total. The molecule has 0 unspecified atom stereocenters. The summed E-state index contributed by atoms with van der Waals surface area (Å²) in [6, 6.07) is 0. The van der Waals surface area contributed by atoms with E-state index in [4.69, 9.17) is 18.9 Å². The van der Waals surface area contributed by atoms with E-state index < -0.39 is 0 Å². The summed E-state index contributed by atoms with van der Waals surface area (Å²) >= 11 is 0. The fraction of sp³-hybridized carbons (Fsp3) is 1.00. The third-order valence-corrected chi connectivity index (χ3v) is 1.58. The summed E-state index contributed by atoms with van der Waals surface area (Å²) in [5.74, 6) is 0. The molecule has 72 valence electrons. The fourth-order valence-electron chi connectivity index (χ4n) is 0.769. The topological polar surface area (TPSA) is 40.2 Å². The van der Waals surface area contributed by atoms with Gasteiger partial charge in [-0.3, -0.25) is 0 Å². The average Bonchev–Trinajstić information content (AvgIpc) is 2.87. The Morgan fingerprint density at radius 1 is 1.25 bits per heavy atom. The van der Waals surface area contributed by atoms with Crippen molar-refractivity contribution in [3.05, 3.63) is 0 Å². The van der Waals surface area contributed by atoms with E-state index in [1.54, 1.807) is 7.11 Å². The van der Waals surface area contributed by atoms with Gasteiger partial charge >= 0.3 is 0 Å². The van der Waals surface area contributed by atoms with E-state index in [0.29, 0.717) is 26.1 Å². The van der Waals surface area contributed by atoms with Crippen LogP contribution in [0.15, 0.2) is 0 Å². The van der Waals surface area contributed by atoms with Crippen LogP contribution in [0, 0.1) is 0 Å². The maximum atomic E-state index is 5.17. The van der Waals surface area contributed by atoms with E-state index in [1.807, 2.05) is 0 Å². The Labute approximate surface area is 72.7 Å². The molecular formula is C8H16O4. The molecular weight excluding hydrogens is 160 g/mol. The van der Waals surface area contributed by atoms with Crippen molar-refractivity contribution in [1.29, 1.82) is 0 Å². The summed E-state index contributed by atoms with van der Waals surface area (Å²) in [4.78, 5) is 0. The van der Waals surface area contributed by atoms with Gasteiger partial charge in [0.1, 0.15) is 6.79 Å². The molecule has 0 aromatic rings. The lowest BCUT2D eigenvalue weighted by Gasteiger charge is -2.03. The van der Waals surface area contributed by atoms with Crippen molar-refractivity contribution in [2.75, 3.05) is 40.3 Å². The predicted molar refractivity (Wildman–Crippen MR) is 43.0 cm³/mol. The summed E-state index contributed by atoms with van der Waals surface area (Å²) in [6.45, 7) is 3.19. The van der Waals surface area contributed by atoms with Gasteiger partial charge in [0.05, 0.1) is 32.5 Å². The van der Waals surface area contributed by atoms with Crippen LogP contribution in [0.4, 0.5) is 0 Å². The SMILES string of the molecule is COCCOCOCC[C@@H]1CO1. The quantitative estimate of drug-likeness (QED) is 0.305. The summed E-state index contributed by atoms with van der Waals surface area (Å²) in [6.07, 6.45) is 1.43. The van der Waals surface area contributed by atoms with Gasteiger partial charge in [0.2, 0.25) is 0 Å². The van der Waals surface area contributed by atoms with E-state index in [2.05, 4.69) is 0 Å². The summed E-state index contributed by atoms with van der Waals surface area (Å²) in [5, 5.41) is 0. The van der Waals surface area contributed by atoms with Crippen LogP contribution < -0.4 is 0 Å². The van der Waals surface area contributed by atoms with Crippen LogP contribution in [0.5, 0.6) is 0 Å². The Bertz CT molecular complexity index is 103. The zero-order valence-electron chi connectivity index (χ0n) is 7.45. The number of rotatable bonds is 8. The van der Waals surface area contributed by atoms with Gasteiger partial charge in [-0.1, -0.05) is 0 Å². The van der Waals surface area contributed by atoms with Crippen LogP contribution in [-0.4, -0.2) is 46.4 Å². The maximum absolute atomic E-state index is 5.17. The van der Waals surface area contributed by atoms with Gasteiger partial charge in [0, 0.05) is 7.11 Å². The molecule has 0 amide bonds. The van der Waals surface area contributed by atoms with E-state index in [1.165, 1.54) is 0 Å². The smallest absolute Gasteiger partial charge is 0.146 e. The highest BCUT2D eigenvalue weighted by Gasteiger charge is 2.21. The van der Waals surface area contributed by atoms with Crippen LogP contribution in [0.3, 0.4) is 0 Å². The molecule has 0 aliphatic carbocycles. The summed E-state index contributed by atoms with van der Waals surface area (Å²) in [7, 11) is 1.65. The Balaban J connectivity index is 1.65. The van der Waals surface area contributed by atoms with Crippen molar-refractivity contribution < 1.29 is 18.9 Å². The van der Waals surface area contributed by atoms with Gasteiger partial charge in [0.15, 0.2) is 0 Å². The highest BCUT2D eigenvalue weighted by molar-refractivity contribution is 4.67. The van der Waals surface area contributed by atoms with Crippen LogP contribution in [0.2, 0.25) is 0 Å². The molecule has 1 aliphatic heterocycles. The summed E-state index contributed by atoms with van der Waals surface area (Å²) < 4.78 is 20.1. The first-order valence-corrected chi connectivity index (χ1v) is 4.19. The standard InChI is InChI=1S/C8H16O4/c1-9-4-5-11-7-10-3-2-8-6-12-8/h8H,2-7H2,1H3/t8-/m1/s1. The average molecular weight is 176 g/mol. The number of hydrogen-bond acceptors (Lipinski definition) is 4. The second-order valence-corrected chi connectivity index (χ2v) is 2.67. The van der Waals surface area contributed by atoms with Gasteiger partial charge in [-0.2, -0.15) is 0 Å². The van der Waals surface area contributed by atoms with Gasteiger partial charge < -0.3 is 18.9 Å². The first-order valence-electron chi connectivity index (χ1n) is 4.19. The highest BCUT2D eigenvalue weighted by atomic mass is 16.7. The Hall–Kier alpha value is -0.160. The molecule has 12 heavy (non-hydrogen) atoms. The second kappa shape index (κ2) is 6.37. The van der Waals surface area contributed by atoms with Gasteiger partial charge in [-0.25, -0.2) is 0 Å². The molecule has 1 heterocycles. The first-order chi connectivity index (χ1) is 5.93. The minimum atomic E-state index is 0.357. The van der Waals surface area contributed by atoms with Crippen molar-refractivity contribution in [3.63, 3.8) is 0 Å². The molecule has 0 radical (unpaired) electrons. The second-order valence-electron chi connectivity index (χ2n) is 2.67. The number of ether oxygens (including phenoxy) is 4. The molecule has 1 rings (SSSR count). The molecule has 0 aromatic carbocycles. The molecule has 0 aromatic heterocycles. The van der Waals surface area contributed by atoms with Crippen molar-refractivity contribution >= 4 is 0 Å². The molecule has 1 aliphatic rings. The highest BCUT2D eigenvalue weighted by Crippen LogP contribution is 2.12. The number of methoxy groups -OCH3 is 1. The predicted octanol–water partition coefficient (Wildman–Crippen LogP) is 0.412. The van der Waals surface area contributed by atoms with E-state index in [0.717, 1.165) is 19.6 Å². The normalized spacial score (nSPS) is 21.2. The van der Waals surface area contributed by atoms with E-state index in [9.17, 15) is 0 Å². The Kier molecular flexibility index (Phi) is 5.27. The molecule has 4 nitrogen and oxygen atoms in total. The summed E-state index contributed by atoms with van der Waals surface area (Å²) in [5.41, 5.74) is 0. The lowest BCUT2D eigenvalue weighted by Crippen LogP contribution is -2.07. The van der Waals surface area contributed by atoms with Crippen molar-refractivity contribution in [1.82, 2.24) is 0 Å². The molecule has 0 saturated carbocycles. The van der Waals surface area contributed by atoms with Gasteiger partial charge in [-0.05, 0) is 6.42 Å². The zero-order chi connectivity index (χ0) is 8.65. The molecule has 1 fully saturated rings. The Morgan fingerprint density at radius 2 is 2.00 bits per heavy atom. The largest absolute Gasteiger partial charge is 0.382 e. The van der Waals surface area contributed by atoms with Crippen LogP contribution in [0.1, 0.15) is 6.42 Å². The number of epoxide rings is 1. The van der Waals surface area contributed by atoms with E-state index in [-0.39, 0.29) is 0 Å². The Morgan fingerprint density at radius 3 is 2.67 bits per heavy atom. The third kappa shape index (κ3) is 5.49. The van der Waals surface area contributed by atoms with Crippen LogP contribution in [0.25, 0.3) is 0 Å². The van der Waals surface area contributed by atoms with Crippen LogP contribution in [-0.2, 0) is 18.9 Å². The molecule has 1 saturated heterocycles. The van der Waals surface area contributed by atoms with Crippen LogP contribution >= 0.6 is 0 Å². The van der Waals surface area contributed by atoms with Gasteiger partial charge in [0.25, 0.3) is 0 Å². The molecule has 1 atom stereocenters. The lowest BCUT2D eigenvalue weighted by molar-refractivity contribution is -0.0669.